The highest BCUT2D eigenvalue weighted by atomic mass is 16.3. The number of rotatable bonds is 5. The molecule has 0 heterocycles. The Hall–Kier alpha value is -1.35. The minimum absolute atomic E-state index is 0.0779. The fourth-order valence-corrected chi connectivity index (χ4v) is 1.82. The Labute approximate surface area is 103 Å². The normalized spacial score (nSPS) is 12.2. The first-order chi connectivity index (χ1) is 8.00. The van der Waals surface area contributed by atoms with Crippen LogP contribution in [0.1, 0.15) is 24.5 Å². The number of benzene rings is 1. The van der Waals surface area contributed by atoms with Crippen molar-refractivity contribution in [3.63, 3.8) is 0 Å². The van der Waals surface area contributed by atoms with E-state index in [9.17, 15) is 9.90 Å². The van der Waals surface area contributed by atoms with Crippen LogP contribution in [0.2, 0.25) is 0 Å². The SMILES string of the molecule is Cc1ccccc1CCC(=O)N(C)CC(C)O. The first-order valence-corrected chi connectivity index (χ1v) is 5.97. The molecule has 1 unspecified atom stereocenters. The Kier molecular flexibility index (Phi) is 5.16. The first-order valence-electron chi connectivity index (χ1n) is 5.97. The van der Waals surface area contributed by atoms with Gasteiger partial charge in [0, 0.05) is 20.0 Å². The number of carbonyl (C=O) groups excluding carboxylic acids is 1. The van der Waals surface area contributed by atoms with Gasteiger partial charge in [-0.3, -0.25) is 4.79 Å². The molecule has 3 heteroatoms. The zero-order valence-corrected chi connectivity index (χ0v) is 10.8. The molecule has 3 nitrogen and oxygen atoms in total. The monoisotopic (exact) mass is 235 g/mol. The summed E-state index contributed by atoms with van der Waals surface area (Å²) in [6.07, 6.45) is 0.784. The number of aliphatic hydroxyl groups is 1. The topological polar surface area (TPSA) is 40.5 Å². The molecule has 1 rings (SSSR count). The predicted octanol–water partition coefficient (Wildman–Crippen LogP) is 1.77. The second kappa shape index (κ2) is 6.40. The van der Waals surface area contributed by atoms with Crippen LogP contribution < -0.4 is 0 Å². The van der Waals surface area contributed by atoms with Crippen LogP contribution in [0.15, 0.2) is 24.3 Å². The summed E-state index contributed by atoms with van der Waals surface area (Å²) >= 11 is 0. The van der Waals surface area contributed by atoms with E-state index < -0.39 is 6.10 Å². The highest BCUT2D eigenvalue weighted by Gasteiger charge is 2.11. The van der Waals surface area contributed by atoms with Gasteiger partial charge in [0.15, 0.2) is 0 Å². The van der Waals surface area contributed by atoms with Gasteiger partial charge in [0.2, 0.25) is 5.91 Å². The Morgan fingerprint density at radius 2 is 2.06 bits per heavy atom. The molecule has 0 aromatic heterocycles. The van der Waals surface area contributed by atoms with Gasteiger partial charge in [-0.1, -0.05) is 24.3 Å². The maximum Gasteiger partial charge on any atom is 0.222 e. The fourth-order valence-electron chi connectivity index (χ4n) is 1.82. The second-order valence-corrected chi connectivity index (χ2v) is 4.55. The average molecular weight is 235 g/mol. The van der Waals surface area contributed by atoms with Gasteiger partial charge in [-0.15, -0.1) is 0 Å². The number of nitrogens with zero attached hydrogens (tertiary/aromatic N) is 1. The molecule has 0 saturated carbocycles. The molecule has 0 bridgehead atoms. The largest absolute Gasteiger partial charge is 0.392 e. The smallest absolute Gasteiger partial charge is 0.222 e. The zero-order chi connectivity index (χ0) is 12.8. The van der Waals surface area contributed by atoms with Crippen LogP contribution in [0.4, 0.5) is 0 Å². The van der Waals surface area contributed by atoms with Gasteiger partial charge in [0.1, 0.15) is 0 Å². The minimum Gasteiger partial charge on any atom is -0.392 e. The van der Waals surface area contributed by atoms with E-state index in [1.807, 2.05) is 12.1 Å². The van der Waals surface area contributed by atoms with Crippen molar-refractivity contribution in [2.24, 2.45) is 0 Å². The van der Waals surface area contributed by atoms with Crippen molar-refractivity contribution in [2.75, 3.05) is 13.6 Å². The quantitative estimate of drug-likeness (QED) is 0.845. The van der Waals surface area contributed by atoms with Crippen molar-refractivity contribution >= 4 is 5.91 Å². The van der Waals surface area contributed by atoms with Gasteiger partial charge in [0.05, 0.1) is 6.10 Å². The molecular formula is C14H21NO2. The molecule has 1 aromatic rings. The molecular weight excluding hydrogens is 214 g/mol. The van der Waals surface area contributed by atoms with E-state index in [1.54, 1.807) is 18.9 Å². The Morgan fingerprint density at radius 3 is 2.65 bits per heavy atom. The number of carbonyl (C=O) groups is 1. The summed E-state index contributed by atoms with van der Waals surface area (Å²) in [7, 11) is 1.73. The van der Waals surface area contributed by atoms with Crippen molar-refractivity contribution in [3.05, 3.63) is 35.4 Å². The molecule has 94 valence electrons. The summed E-state index contributed by atoms with van der Waals surface area (Å²) in [5.74, 6) is 0.0779. The Balaban J connectivity index is 2.46. The van der Waals surface area contributed by atoms with Gasteiger partial charge in [-0.25, -0.2) is 0 Å². The van der Waals surface area contributed by atoms with Gasteiger partial charge in [-0.05, 0) is 31.4 Å². The summed E-state index contributed by atoms with van der Waals surface area (Å²) in [5.41, 5.74) is 2.43. The van der Waals surface area contributed by atoms with Gasteiger partial charge in [0.25, 0.3) is 0 Å². The molecule has 1 amide bonds. The van der Waals surface area contributed by atoms with Crippen molar-refractivity contribution in [2.45, 2.75) is 32.8 Å². The van der Waals surface area contributed by atoms with Gasteiger partial charge < -0.3 is 10.0 Å². The number of likely N-dealkylation sites (N-methyl/N-ethyl adjacent to an activating group) is 1. The minimum atomic E-state index is -0.470. The van der Waals surface area contributed by atoms with Crippen LogP contribution >= 0.6 is 0 Å². The van der Waals surface area contributed by atoms with E-state index in [0.717, 1.165) is 6.42 Å². The first kappa shape index (κ1) is 13.7. The third-order valence-corrected chi connectivity index (χ3v) is 2.83. The van der Waals surface area contributed by atoms with Crippen LogP contribution in [-0.2, 0) is 11.2 Å². The molecule has 0 saturated heterocycles. The lowest BCUT2D eigenvalue weighted by Gasteiger charge is -2.18. The molecule has 0 radical (unpaired) electrons. The van der Waals surface area contributed by atoms with E-state index in [2.05, 4.69) is 19.1 Å². The number of hydrogen-bond donors (Lipinski definition) is 1. The third kappa shape index (κ3) is 4.57. The molecule has 0 aliphatic carbocycles. The molecule has 0 aliphatic rings. The number of aryl methyl sites for hydroxylation is 2. The highest BCUT2D eigenvalue weighted by Crippen LogP contribution is 2.10. The molecule has 0 fully saturated rings. The van der Waals surface area contributed by atoms with Crippen molar-refractivity contribution in [3.8, 4) is 0 Å². The second-order valence-electron chi connectivity index (χ2n) is 4.55. The van der Waals surface area contributed by atoms with Crippen LogP contribution in [0, 0.1) is 6.92 Å². The summed E-state index contributed by atoms with van der Waals surface area (Å²) < 4.78 is 0. The molecule has 17 heavy (non-hydrogen) atoms. The molecule has 1 aromatic carbocycles. The summed E-state index contributed by atoms with van der Waals surface area (Å²) in [4.78, 5) is 13.4. The van der Waals surface area contributed by atoms with Crippen molar-refractivity contribution < 1.29 is 9.90 Å². The van der Waals surface area contributed by atoms with Gasteiger partial charge >= 0.3 is 0 Å². The van der Waals surface area contributed by atoms with Crippen LogP contribution in [0.25, 0.3) is 0 Å². The molecule has 0 spiro atoms. The highest BCUT2D eigenvalue weighted by molar-refractivity contribution is 5.76. The van der Waals surface area contributed by atoms with E-state index in [0.29, 0.717) is 13.0 Å². The maximum atomic E-state index is 11.8. The lowest BCUT2D eigenvalue weighted by Crippen LogP contribution is -2.33. The molecule has 0 aliphatic heterocycles. The Bertz CT molecular complexity index is 374. The zero-order valence-electron chi connectivity index (χ0n) is 10.8. The predicted molar refractivity (Wildman–Crippen MR) is 68.8 cm³/mol. The van der Waals surface area contributed by atoms with E-state index in [1.165, 1.54) is 11.1 Å². The maximum absolute atomic E-state index is 11.8. The summed E-state index contributed by atoms with van der Waals surface area (Å²) in [6.45, 7) is 4.14. The van der Waals surface area contributed by atoms with Crippen LogP contribution in [0.3, 0.4) is 0 Å². The lowest BCUT2D eigenvalue weighted by atomic mass is 10.0. The Morgan fingerprint density at radius 1 is 1.41 bits per heavy atom. The van der Waals surface area contributed by atoms with Gasteiger partial charge in [-0.2, -0.15) is 0 Å². The van der Waals surface area contributed by atoms with E-state index >= 15 is 0 Å². The summed E-state index contributed by atoms with van der Waals surface area (Å²) in [5, 5.41) is 9.21. The van der Waals surface area contributed by atoms with Crippen molar-refractivity contribution in [1.82, 2.24) is 4.90 Å². The van der Waals surface area contributed by atoms with Crippen LogP contribution in [-0.4, -0.2) is 35.6 Å². The number of amides is 1. The standard InChI is InChI=1S/C14H21NO2/c1-11-6-4-5-7-13(11)8-9-14(17)15(3)10-12(2)16/h4-7,12,16H,8-10H2,1-3H3. The number of aliphatic hydroxyl groups excluding tert-OH is 1. The third-order valence-electron chi connectivity index (χ3n) is 2.83. The van der Waals surface area contributed by atoms with E-state index in [4.69, 9.17) is 0 Å². The number of hydrogen-bond acceptors (Lipinski definition) is 2. The average Bonchev–Trinajstić information content (AvgIpc) is 2.26. The summed E-state index contributed by atoms with van der Waals surface area (Å²) in [6, 6.07) is 8.10. The van der Waals surface area contributed by atoms with Crippen molar-refractivity contribution in [1.29, 1.82) is 0 Å². The molecule has 1 N–H and O–H groups in total. The van der Waals surface area contributed by atoms with E-state index in [-0.39, 0.29) is 5.91 Å². The molecule has 1 atom stereocenters. The fraction of sp³-hybridized carbons (Fsp3) is 0.500. The van der Waals surface area contributed by atoms with Crippen LogP contribution in [0.5, 0.6) is 0 Å². The lowest BCUT2D eigenvalue weighted by molar-refractivity contribution is -0.131.